The lowest BCUT2D eigenvalue weighted by molar-refractivity contribution is -0.120. The summed E-state index contributed by atoms with van der Waals surface area (Å²) in [5.41, 5.74) is 5.80. The van der Waals surface area contributed by atoms with Gasteiger partial charge in [-0.2, -0.15) is 0 Å². The molecule has 106 valence electrons. The Morgan fingerprint density at radius 3 is 2.26 bits per heavy atom. The van der Waals surface area contributed by atoms with Crippen LogP contribution in [0.4, 0.5) is 0 Å². The molecule has 0 aromatic heterocycles. The molecule has 0 heterocycles. The lowest BCUT2D eigenvalue weighted by atomic mass is 10.1. The van der Waals surface area contributed by atoms with Crippen LogP contribution in [0.5, 0.6) is 0 Å². The minimum absolute atomic E-state index is 0. The number of rotatable bonds is 5. The van der Waals surface area contributed by atoms with Gasteiger partial charge in [-0.1, -0.05) is 18.2 Å². The molecular formula is C13H20ClN3O2. The second-order valence-corrected chi connectivity index (χ2v) is 4.81. The Balaban J connectivity index is 0.00000324. The molecule has 0 aliphatic rings. The van der Waals surface area contributed by atoms with Crippen LogP contribution in [-0.2, 0) is 4.79 Å². The number of benzene rings is 1. The second-order valence-electron chi connectivity index (χ2n) is 4.81. The number of nitrogens with two attached hydrogens (primary N) is 1. The van der Waals surface area contributed by atoms with Gasteiger partial charge in [-0.3, -0.25) is 9.59 Å². The van der Waals surface area contributed by atoms with Gasteiger partial charge in [0.05, 0.1) is 6.54 Å². The van der Waals surface area contributed by atoms with E-state index in [-0.39, 0.29) is 30.8 Å². The third kappa shape index (κ3) is 7.43. The highest BCUT2D eigenvalue weighted by Crippen LogP contribution is 1.97. The fourth-order valence-electron chi connectivity index (χ4n) is 1.24. The summed E-state index contributed by atoms with van der Waals surface area (Å²) in [6, 6.07) is 8.75. The molecule has 5 nitrogen and oxygen atoms in total. The molecule has 0 saturated carbocycles. The zero-order valence-electron chi connectivity index (χ0n) is 11.1. The predicted octanol–water partition coefficient (Wildman–Crippen LogP) is 0.692. The lowest BCUT2D eigenvalue weighted by Crippen LogP contribution is -2.47. The molecule has 0 aliphatic heterocycles. The SMILES string of the molecule is CC(C)(N)CNC(=O)CNC(=O)c1ccccc1.Cl. The second kappa shape index (κ2) is 7.76. The maximum atomic E-state index is 11.6. The van der Waals surface area contributed by atoms with Gasteiger partial charge in [0.25, 0.3) is 5.91 Å². The van der Waals surface area contributed by atoms with Gasteiger partial charge in [-0.05, 0) is 26.0 Å². The summed E-state index contributed by atoms with van der Waals surface area (Å²) in [6.07, 6.45) is 0. The fourth-order valence-corrected chi connectivity index (χ4v) is 1.24. The van der Waals surface area contributed by atoms with Gasteiger partial charge < -0.3 is 16.4 Å². The summed E-state index contributed by atoms with van der Waals surface area (Å²) in [6.45, 7) is 3.95. The minimum atomic E-state index is -0.459. The van der Waals surface area contributed by atoms with E-state index in [0.29, 0.717) is 12.1 Å². The number of carbonyl (C=O) groups excluding carboxylic acids is 2. The van der Waals surface area contributed by atoms with Crippen LogP contribution in [-0.4, -0.2) is 30.4 Å². The molecule has 2 amide bonds. The molecule has 0 fully saturated rings. The Morgan fingerprint density at radius 1 is 1.16 bits per heavy atom. The fraction of sp³-hybridized carbons (Fsp3) is 0.385. The van der Waals surface area contributed by atoms with Crippen molar-refractivity contribution in [1.82, 2.24) is 10.6 Å². The lowest BCUT2D eigenvalue weighted by Gasteiger charge is -2.18. The molecule has 1 aromatic carbocycles. The highest BCUT2D eigenvalue weighted by Gasteiger charge is 2.12. The van der Waals surface area contributed by atoms with Crippen LogP contribution >= 0.6 is 12.4 Å². The first-order valence-corrected chi connectivity index (χ1v) is 5.77. The largest absolute Gasteiger partial charge is 0.353 e. The van der Waals surface area contributed by atoms with Crippen LogP contribution in [0.25, 0.3) is 0 Å². The summed E-state index contributed by atoms with van der Waals surface area (Å²) in [5.74, 6) is -0.518. The Hall–Kier alpha value is -1.59. The maximum absolute atomic E-state index is 11.6. The Morgan fingerprint density at radius 2 is 1.74 bits per heavy atom. The van der Waals surface area contributed by atoms with Crippen LogP contribution in [0.1, 0.15) is 24.2 Å². The van der Waals surface area contributed by atoms with E-state index in [1.165, 1.54) is 0 Å². The number of hydrogen-bond acceptors (Lipinski definition) is 3. The zero-order chi connectivity index (χ0) is 13.6. The van der Waals surface area contributed by atoms with Gasteiger partial charge in [0.15, 0.2) is 0 Å². The molecule has 0 unspecified atom stereocenters. The minimum Gasteiger partial charge on any atom is -0.353 e. The van der Waals surface area contributed by atoms with Gasteiger partial charge in [0.1, 0.15) is 0 Å². The summed E-state index contributed by atoms with van der Waals surface area (Å²) < 4.78 is 0. The van der Waals surface area contributed by atoms with Crippen molar-refractivity contribution in [2.24, 2.45) is 5.73 Å². The van der Waals surface area contributed by atoms with Crippen LogP contribution in [0.3, 0.4) is 0 Å². The molecule has 1 rings (SSSR count). The van der Waals surface area contributed by atoms with Gasteiger partial charge >= 0.3 is 0 Å². The monoisotopic (exact) mass is 285 g/mol. The van der Waals surface area contributed by atoms with Gasteiger partial charge in [-0.25, -0.2) is 0 Å². The van der Waals surface area contributed by atoms with Crippen molar-refractivity contribution >= 4 is 24.2 Å². The van der Waals surface area contributed by atoms with Gasteiger partial charge in [0.2, 0.25) is 5.91 Å². The van der Waals surface area contributed by atoms with Gasteiger partial charge in [-0.15, -0.1) is 12.4 Å². The van der Waals surface area contributed by atoms with Crippen LogP contribution < -0.4 is 16.4 Å². The first-order chi connectivity index (χ1) is 8.38. The third-order valence-electron chi connectivity index (χ3n) is 2.19. The van der Waals surface area contributed by atoms with Gasteiger partial charge in [0, 0.05) is 17.6 Å². The Labute approximate surface area is 119 Å². The molecule has 1 aromatic rings. The van der Waals surface area contributed by atoms with E-state index in [4.69, 9.17) is 5.73 Å². The van der Waals surface area contributed by atoms with E-state index in [2.05, 4.69) is 10.6 Å². The normalized spacial score (nSPS) is 10.3. The first kappa shape index (κ1) is 17.4. The van der Waals surface area contributed by atoms with E-state index >= 15 is 0 Å². The quantitative estimate of drug-likeness (QED) is 0.744. The number of carbonyl (C=O) groups is 2. The van der Waals surface area contributed by atoms with Crippen molar-refractivity contribution in [2.75, 3.05) is 13.1 Å². The van der Waals surface area contributed by atoms with E-state index in [9.17, 15) is 9.59 Å². The summed E-state index contributed by atoms with van der Waals surface area (Å²) >= 11 is 0. The topological polar surface area (TPSA) is 84.2 Å². The number of amides is 2. The van der Waals surface area contributed by atoms with E-state index in [1.54, 1.807) is 24.3 Å². The molecule has 0 bridgehead atoms. The zero-order valence-corrected chi connectivity index (χ0v) is 11.9. The molecule has 0 aliphatic carbocycles. The van der Waals surface area contributed by atoms with Crippen molar-refractivity contribution in [3.63, 3.8) is 0 Å². The van der Waals surface area contributed by atoms with Crippen LogP contribution in [0, 0.1) is 0 Å². The number of halogens is 1. The van der Waals surface area contributed by atoms with E-state index < -0.39 is 5.54 Å². The van der Waals surface area contributed by atoms with Crippen molar-refractivity contribution in [3.8, 4) is 0 Å². The molecule has 0 saturated heterocycles. The molecule has 0 radical (unpaired) electrons. The van der Waals surface area contributed by atoms with E-state index in [1.807, 2.05) is 19.9 Å². The highest BCUT2D eigenvalue weighted by atomic mass is 35.5. The number of hydrogen-bond donors (Lipinski definition) is 3. The molecule has 0 spiro atoms. The summed E-state index contributed by atoms with van der Waals surface area (Å²) in [4.78, 5) is 23.1. The summed E-state index contributed by atoms with van der Waals surface area (Å²) in [5, 5.41) is 5.19. The predicted molar refractivity (Wildman–Crippen MR) is 77.3 cm³/mol. The van der Waals surface area contributed by atoms with Crippen molar-refractivity contribution in [3.05, 3.63) is 35.9 Å². The third-order valence-corrected chi connectivity index (χ3v) is 2.19. The van der Waals surface area contributed by atoms with E-state index in [0.717, 1.165) is 0 Å². The Bertz CT molecular complexity index is 416. The molecule has 6 heteroatoms. The van der Waals surface area contributed by atoms with Crippen LogP contribution in [0.15, 0.2) is 30.3 Å². The first-order valence-electron chi connectivity index (χ1n) is 5.77. The number of nitrogens with one attached hydrogen (secondary N) is 2. The van der Waals surface area contributed by atoms with Crippen molar-refractivity contribution in [2.45, 2.75) is 19.4 Å². The average Bonchev–Trinajstić information content (AvgIpc) is 2.33. The molecule has 0 atom stereocenters. The van der Waals surface area contributed by atoms with Crippen molar-refractivity contribution in [1.29, 1.82) is 0 Å². The smallest absolute Gasteiger partial charge is 0.251 e. The summed E-state index contributed by atoms with van der Waals surface area (Å²) in [7, 11) is 0. The Kier molecular flexibility index (Phi) is 7.11. The van der Waals surface area contributed by atoms with Crippen LogP contribution in [0.2, 0.25) is 0 Å². The maximum Gasteiger partial charge on any atom is 0.251 e. The molecular weight excluding hydrogens is 266 g/mol. The average molecular weight is 286 g/mol. The molecule has 19 heavy (non-hydrogen) atoms. The highest BCUT2D eigenvalue weighted by molar-refractivity contribution is 5.96. The standard InChI is InChI=1S/C13H19N3O2.ClH/c1-13(2,14)9-16-11(17)8-15-12(18)10-6-4-3-5-7-10;/h3-7H,8-9,14H2,1-2H3,(H,15,18)(H,16,17);1H. The molecule has 4 N–H and O–H groups in total. The van der Waals surface area contributed by atoms with Crippen molar-refractivity contribution < 1.29 is 9.59 Å².